The average Bonchev–Trinajstić information content (AvgIpc) is 2.49. The maximum atomic E-state index is 12.4. The number of nitrogen functional groups attached to an aromatic ring is 1. The van der Waals surface area contributed by atoms with Crippen molar-refractivity contribution in [3.05, 3.63) is 18.5 Å². The minimum atomic E-state index is -3.63. The molecule has 0 atom stereocenters. The Morgan fingerprint density at radius 2 is 2.05 bits per heavy atom. The van der Waals surface area contributed by atoms with Crippen molar-refractivity contribution >= 4 is 27.5 Å². The number of rotatable bonds is 8. The molecular weight excluding hydrogens is 296 g/mol. The highest BCUT2D eigenvalue weighted by Gasteiger charge is 2.28. The van der Waals surface area contributed by atoms with Crippen LogP contribution in [0, 0.1) is 0 Å². The van der Waals surface area contributed by atoms with Crippen molar-refractivity contribution in [3.63, 3.8) is 0 Å². The molecule has 114 valence electrons. The molecule has 0 unspecified atom stereocenters. The number of hydrazine groups is 1. The van der Waals surface area contributed by atoms with E-state index < -0.39 is 10.0 Å². The number of nitrogens with two attached hydrogens (primary N) is 1. The summed E-state index contributed by atoms with van der Waals surface area (Å²) in [4.78, 5) is 3.90. The number of sulfonamides is 1. The Labute approximate surface area is 124 Å². The number of aromatic nitrogens is 1. The van der Waals surface area contributed by atoms with Gasteiger partial charge in [-0.05, 0) is 25.2 Å². The SMILES string of the molecule is CCC(CC)(CNS(=O)(=O)c1cnccc1NN)SC. The van der Waals surface area contributed by atoms with E-state index in [0.717, 1.165) is 12.8 Å². The summed E-state index contributed by atoms with van der Waals surface area (Å²) in [5.74, 6) is 5.33. The molecular formula is C12H22N4O2S2. The summed E-state index contributed by atoms with van der Waals surface area (Å²) in [6.45, 7) is 4.50. The van der Waals surface area contributed by atoms with Crippen LogP contribution < -0.4 is 16.0 Å². The van der Waals surface area contributed by atoms with Gasteiger partial charge >= 0.3 is 0 Å². The summed E-state index contributed by atoms with van der Waals surface area (Å²) in [5.41, 5.74) is 2.71. The molecule has 0 aliphatic rings. The summed E-state index contributed by atoms with van der Waals surface area (Å²) in [6, 6.07) is 1.52. The van der Waals surface area contributed by atoms with Gasteiger partial charge in [-0.15, -0.1) is 0 Å². The van der Waals surface area contributed by atoms with E-state index in [1.807, 2.05) is 6.26 Å². The Morgan fingerprint density at radius 1 is 1.40 bits per heavy atom. The molecule has 0 aliphatic heterocycles. The molecule has 0 fully saturated rings. The number of hydrogen-bond donors (Lipinski definition) is 3. The Morgan fingerprint density at radius 3 is 2.55 bits per heavy atom. The average molecular weight is 318 g/mol. The van der Waals surface area contributed by atoms with Crippen molar-refractivity contribution in [2.75, 3.05) is 18.2 Å². The van der Waals surface area contributed by atoms with Gasteiger partial charge in [-0.1, -0.05) is 13.8 Å². The minimum absolute atomic E-state index is 0.0599. The highest BCUT2D eigenvalue weighted by Crippen LogP contribution is 2.30. The van der Waals surface area contributed by atoms with Crippen molar-refractivity contribution in [3.8, 4) is 0 Å². The van der Waals surface area contributed by atoms with E-state index in [0.29, 0.717) is 12.2 Å². The third-order valence-electron chi connectivity index (χ3n) is 3.54. The number of pyridine rings is 1. The van der Waals surface area contributed by atoms with Gasteiger partial charge in [0.05, 0.1) is 5.69 Å². The normalized spacial score (nSPS) is 12.4. The molecule has 0 amide bonds. The Balaban J connectivity index is 2.96. The van der Waals surface area contributed by atoms with Crippen LogP contribution in [0.1, 0.15) is 26.7 Å². The van der Waals surface area contributed by atoms with E-state index >= 15 is 0 Å². The molecule has 20 heavy (non-hydrogen) atoms. The lowest BCUT2D eigenvalue weighted by molar-refractivity contribution is 0.522. The zero-order chi connectivity index (χ0) is 15.2. The van der Waals surface area contributed by atoms with E-state index in [-0.39, 0.29) is 9.64 Å². The van der Waals surface area contributed by atoms with Gasteiger partial charge in [0, 0.05) is 23.7 Å². The first-order chi connectivity index (χ1) is 9.44. The van der Waals surface area contributed by atoms with Crippen LogP contribution in [-0.4, -0.2) is 30.9 Å². The lowest BCUT2D eigenvalue weighted by Crippen LogP contribution is -2.39. The second kappa shape index (κ2) is 7.26. The lowest BCUT2D eigenvalue weighted by atomic mass is 10.0. The molecule has 0 saturated heterocycles. The summed E-state index contributed by atoms with van der Waals surface area (Å²) in [5, 5.41) is 0. The fourth-order valence-electron chi connectivity index (χ4n) is 1.88. The third kappa shape index (κ3) is 3.85. The fourth-order valence-corrected chi connectivity index (χ4v) is 4.00. The largest absolute Gasteiger partial charge is 0.323 e. The molecule has 1 aromatic heterocycles. The second-order valence-electron chi connectivity index (χ2n) is 4.43. The first-order valence-electron chi connectivity index (χ1n) is 6.40. The molecule has 8 heteroatoms. The van der Waals surface area contributed by atoms with Gasteiger partial charge in [0.15, 0.2) is 0 Å². The van der Waals surface area contributed by atoms with Crippen molar-refractivity contribution in [1.82, 2.24) is 9.71 Å². The van der Waals surface area contributed by atoms with Crippen molar-refractivity contribution in [1.29, 1.82) is 0 Å². The smallest absolute Gasteiger partial charge is 0.244 e. The van der Waals surface area contributed by atoms with E-state index in [1.165, 1.54) is 18.5 Å². The molecule has 6 nitrogen and oxygen atoms in total. The number of anilines is 1. The van der Waals surface area contributed by atoms with Gasteiger partial charge in [-0.25, -0.2) is 13.1 Å². The van der Waals surface area contributed by atoms with Crippen LogP contribution in [-0.2, 0) is 10.0 Å². The molecule has 4 N–H and O–H groups in total. The van der Waals surface area contributed by atoms with E-state index in [4.69, 9.17) is 5.84 Å². The molecule has 0 spiro atoms. The standard InChI is InChI=1S/C12H22N4O2S2/c1-4-12(5-2,19-3)9-15-20(17,18)11-8-14-7-6-10(11)16-13/h6-8,15H,4-5,9,13H2,1-3H3,(H,14,16). The van der Waals surface area contributed by atoms with Gasteiger partial charge in [0.1, 0.15) is 4.90 Å². The molecule has 1 rings (SSSR count). The Kier molecular flexibility index (Phi) is 6.25. The van der Waals surface area contributed by atoms with Crippen LogP contribution in [0.4, 0.5) is 5.69 Å². The van der Waals surface area contributed by atoms with E-state index in [1.54, 1.807) is 11.8 Å². The Hall–Kier alpha value is -0.830. The van der Waals surface area contributed by atoms with Crippen LogP contribution in [0.2, 0.25) is 0 Å². The number of nitrogens with zero attached hydrogens (tertiary/aromatic N) is 1. The third-order valence-corrected chi connectivity index (χ3v) is 6.55. The first kappa shape index (κ1) is 17.2. The summed E-state index contributed by atoms with van der Waals surface area (Å²) in [6.07, 6.45) is 6.55. The van der Waals surface area contributed by atoms with Crippen LogP contribution in [0.3, 0.4) is 0 Å². The molecule has 1 heterocycles. The van der Waals surface area contributed by atoms with Crippen molar-refractivity contribution < 1.29 is 8.42 Å². The van der Waals surface area contributed by atoms with Gasteiger partial charge in [0.25, 0.3) is 0 Å². The van der Waals surface area contributed by atoms with Gasteiger partial charge in [-0.3, -0.25) is 10.8 Å². The second-order valence-corrected chi connectivity index (χ2v) is 7.44. The maximum Gasteiger partial charge on any atom is 0.244 e. The molecule has 0 saturated carbocycles. The van der Waals surface area contributed by atoms with Crippen LogP contribution in [0.5, 0.6) is 0 Å². The van der Waals surface area contributed by atoms with Crippen molar-refractivity contribution in [2.24, 2.45) is 5.84 Å². The monoisotopic (exact) mass is 318 g/mol. The highest BCUT2D eigenvalue weighted by molar-refractivity contribution is 8.00. The molecule has 0 aromatic carbocycles. The van der Waals surface area contributed by atoms with Crippen LogP contribution in [0.25, 0.3) is 0 Å². The maximum absolute atomic E-state index is 12.4. The molecule has 1 aromatic rings. The van der Waals surface area contributed by atoms with Crippen LogP contribution >= 0.6 is 11.8 Å². The molecule has 0 radical (unpaired) electrons. The van der Waals surface area contributed by atoms with Crippen molar-refractivity contribution in [2.45, 2.75) is 36.3 Å². The summed E-state index contributed by atoms with van der Waals surface area (Å²) < 4.78 is 27.3. The Bertz CT molecular complexity index is 522. The highest BCUT2D eigenvalue weighted by atomic mass is 32.2. The van der Waals surface area contributed by atoms with Gasteiger partial charge < -0.3 is 5.43 Å². The zero-order valence-corrected chi connectivity index (χ0v) is 13.6. The predicted octanol–water partition coefficient (Wildman–Crippen LogP) is 1.57. The van der Waals surface area contributed by atoms with E-state index in [9.17, 15) is 8.42 Å². The summed E-state index contributed by atoms with van der Waals surface area (Å²) in [7, 11) is -3.63. The minimum Gasteiger partial charge on any atom is -0.323 e. The topological polar surface area (TPSA) is 97.1 Å². The quantitative estimate of drug-likeness (QED) is 0.497. The number of hydrogen-bond acceptors (Lipinski definition) is 6. The predicted molar refractivity (Wildman–Crippen MR) is 84.1 cm³/mol. The van der Waals surface area contributed by atoms with Gasteiger partial charge in [0.2, 0.25) is 10.0 Å². The first-order valence-corrected chi connectivity index (χ1v) is 9.11. The zero-order valence-electron chi connectivity index (χ0n) is 12.0. The molecule has 0 bridgehead atoms. The van der Waals surface area contributed by atoms with Gasteiger partial charge in [-0.2, -0.15) is 11.8 Å². The number of thioether (sulfide) groups is 1. The number of nitrogens with one attached hydrogen (secondary N) is 2. The summed E-state index contributed by atoms with van der Waals surface area (Å²) >= 11 is 1.68. The molecule has 0 aliphatic carbocycles. The fraction of sp³-hybridized carbons (Fsp3) is 0.583. The van der Waals surface area contributed by atoms with Crippen LogP contribution in [0.15, 0.2) is 23.4 Å². The lowest BCUT2D eigenvalue weighted by Gasteiger charge is -2.29. The van der Waals surface area contributed by atoms with E-state index in [2.05, 4.69) is 29.0 Å².